The molecule has 2 atom stereocenters. The van der Waals surface area contributed by atoms with Gasteiger partial charge in [-0.05, 0) is 70.6 Å². The third-order valence-electron chi connectivity index (χ3n) is 6.17. The maximum absolute atomic E-state index is 12.1. The number of rotatable bonds is 21. The Hall–Kier alpha value is -3.24. The monoisotopic (exact) mass is 608 g/mol. The van der Waals surface area contributed by atoms with Crippen molar-refractivity contribution in [3.63, 3.8) is 0 Å². The van der Waals surface area contributed by atoms with E-state index in [9.17, 15) is 9.59 Å². The fourth-order valence-corrected chi connectivity index (χ4v) is 3.94. The lowest BCUT2D eigenvalue weighted by Crippen LogP contribution is -2.24. The molecule has 10 heteroatoms. The van der Waals surface area contributed by atoms with Gasteiger partial charge in [-0.1, -0.05) is 43.1 Å². The Kier molecular flexibility index (Phi) is 19.6. The van der Waals surface area contributed by atoms with Gasteiger partial charge in [-0.25, -0.2) is 9.59 Å². The van der Waals surface area contributed by atoms with Crippen LogP contribution in [0.3, 0.4) is 0 Å². The van der Waals surface area contributed by atoms with Crippen molar-refractivity contribution in [2.24, 2.45) is 0 Å². The van der Waals surface area contributed by atoms with Crippen molar-refractivity contribution in [3.05, 3.63) is 46.6 Å². The number of allylic oxidation sites excluding steroid dienone is 4. The zero-order valence-electron chi connectivity index (χ0n) is 27.3. The minimum absolute atomic E-state index is 0.0703. The third-order valence-corrected chi connectivity index (χ3v) is 6.17. The molecule has 0 spiro atoms. The molecule has 2 unspecified atom stereocenters. The molecule has 0 saturated carbocycles. The minimum Gasteiger partial charge on any atom is -0.454 e. The molecule has 0 amide bonds. The van der Waals surface area contributed by atoms with E-state index in [1.54, 1.807) is 13.8 Å². The van der Waals surface area contributed by atoms with Crippen molar-refractivity contribution in [1.29, 1.82) is 0 Å². The fraction of sp³-hybridized carbons (Fsp3) is 0.636. The molecule has 0 heterocycles. The normalized spacial score (nSPS) is 12.6. The average molecular weight is 609 g/mol. The number of benzene rings is 1. The Morgan fingerprint density at radius 2 is 1.33 bits per heavy atom. The number of hydrogen-bond donors (Lipinski definition) is 0. The molecular formula is C33H52O10. The first kappa shape index (κ1) is 37.8. The van der Waals surface area contributed by atoms with Crippen LogP contribution in [-0.4, -0.2) is 65.5 Å². The summed E-state index contributed by atoms with van der Waals surface area (Å²) >= 11 is 0. The topological polar surface area (TPSA) is 108 Å². The summed E-state index contributed by atoms with van der Waals surface area (Å²) < 4.78 is 42.8. The average Bonchev–Trinajstić information content (AvgIpc) is 2.92. The van der Waals surface area contributed by atoms with Crippen molar-refractivity contribution in [1.82, 2.24) is 0 Å². The first-order chi connectivity index (χ1) is 20.6. The molecule has 1 rings (SSSR count). The first-order valence-electron chi connectivity index (χ1n) is 15.0. The van der Waals surface area contributed by atoms with Crippen LogP contribution in [0.5, 0.6) is 11.5 Å². The molecule has 0 fully saturated rings. The maximum Gasteiger partial charge on any atom is 0.511 e. The molecule has 1 aromatic carbocycles. The predicted molar refractivity (Wildman–Crippen MR) is 165 cm³/mol. The molecule has 10 nitrogen and oxygen atoms in total. The SMILES string of the molecule is CCCCCc1cc(OC(C)OC(=O)OCCOC)c(CC=C(C)CCC=C(C)C)c(OC(C)OC(=O)OCCOC)c1. The maximum atomic E-state index is 12.1. The second-order valence-corrected chi connectivity index (χ2v) is 10.4. The molecule has 0 bridgehead atoms. The zero-order chi connectivity index (χ0) is 32.0. The number of ether oxygens (including phenoxy) is 8. The number of carbonyl (C=O) groups is 2. The largest absolute Gasteiger partial charge is 0.511 e. The summed E-state index contributed by atoms with van der Waals surface area (Å²) in [6.07, 6.45) is 6.99. The lowest BCUT2D eigenvalue weighted by molar-refractivity contribution is -0.0596. The van der Waals surface area contributed by atoms with Crippen LogP contribution in [0, 0.1) is 0 Å². The van der Waals surface area contributed by atoms with E-state index in [4.69, 9.17) is 37.9 Å². The van der Waals surface area contributed by atoms with E-state index in [2.05, 4.69) is 39.8 Å². The van der Waals surface area contributed by atoms with Crippen molar-refractivity contribution in [3.8, 4) is 11.5 Å². The summed E-state index contributed by atoms with van der Waals surface area (Å²) in [4.78, 5) is 24.3. The lowest BCUT2D eigenvalue weighted by Gasteiger charge is -2.22. The van der Waals surface area contributed by atoms with Gasteiger partial charge in [0.1, 0.15) is 24.7 Å². The predicted octanol–water partition coefficient (Wildman–Crippen LogP) is 7.70. The number of aryl methyl sites for hydroxylation is 1. The van der Waals surface area contributed by atoms with Gasteiger partial charge in [0, 0.05) is 33.6 Å². The second-order valence-electron chi connectivity index (χ2n) is 10.4. The number of carbonyl (C=O) groups excluding carboxylic acids is 2. The molecule has 244 valence electrons. The number of unbranched alkanes of at least 4 members (excludes halogenated alkanes) is 2. The van der Waals surface area contributed by atoms with Crippen LogP contribution in [0.1, 0.15) is 84.8 Å². The van der Waals surface area contributed by atoms with Gasteiger partial charge in [0.15, 0.2) is 0 Å². The van der Waals surface area contributed by atoms with E-state index in [-0.39, 0.29) is 26.4 Å². The minimum atomic E-state index is -0.945. The molecular weight excluding hydrogens is 556 g/mol. The van der Waals surface area contributed by atoms with Crippen LogP contribution in [0.25, 0.3) is 0 Å². The van der Waals surface area contributed by atoms with Crippen LogP contribution in [0.4, 0.5) is 9.59 Å². The second kappa shape index (κ2) is 22.3. The quantitative estimate of drug-likeness (QED) is 0.0596. The summed E-state index contributed by atoms with van der Waals surface area (Å²) in [5, 5.41) is 0. The molecule has 0 saturated heterocycles. The van der Waals surface area contributed by atoms with E-state index >= 15 is 0 Å². The number of methoxy groups -OCH3 is 2. The van der Waals surface area contributed by atoms with Crippen molar-refractivity contribution < 1.29 is 47.5 Å². The van der Waals surface area contributed by atoms with Crippen molar-refractivity contribution >= 4 is 12.3 Å². The third kappa shape index (κ3) is 17.5. The van der Waals surface area contributed by atoms with Gasteiger partial charge >= 0.3 is 12.3 Å². The Bertz CT molecular complexity index is 960. The summed E-state index contributed by atoms with van der Waals surface area (Å²) in [7, 11) is 3.03. The smallest absolute Gasteiger partial charge is 0.454 e. The van der Waals surface area contributed by atoms with E-state index in [1.807, 2.05) is 12.1 Å². The van der Waals surface area contributed by atoms with Gasteiger partial charge in [0.05, 0.1) is 13.2 Å². The summed E-state index contributed by atoms with van der Waals surface area (Å²) in [5.74, 6) is 1.01. The molecule has 0 aliphatic heterocycles. The highest BCUT2D eigenvalue weighted by atomic mass is 16.8. The van der Waals surface area contributed by atoms with Gasteiger partial charge in [-0.15, -0.1) is 0 Å². The van der Waals surface area contributed by atoms with Gasteiger partial charge in [-0.3, -0.25) is 0 Å². The summed E-state index contributed by atoms with van der Waals surface area (Å²) in [6.45, 7) is 12.3. The Morgan fingerprint density at radius 3 is 1.79 bits per heavy atom. The van der Waals surface area contributed by atoms with Crippen LogP contribution in [-0.2, 0) is 41.3 Å². The van der Waals surface area contributed by atoms with E-state index in [1.165, 1.54) is 25.4 Å². The van der Waals surface area contributed by atoms with Gasteiger partial charge in [0.2, 0.25) is 12.6 Å². The zero-order valence-corrected chi connectivity index (χ0v) is 27.3. The molecule has 1 aromatic rings. The Balaban J connectivity index is 3.33. The molecule has 0 aliphatic carbocycles. The van der Waals surface area contributed by atoms with Crippen molar-refractivity contribution in [2.75, 3.05) is 40.6 Å². The first-order valence-corrected chi connectivity index (χ1v) is 15.0. The van der Waals surface area contributed by atoms with Gasteiger partial charge in [0.25, 0.3) is 0 Å². The van der Waals surface area contributed by atoms with Crippen molar-refractivity contribution in [2.45, 2.75) is 99.1 Å². The van der Waals surface area contributed by atoms with Crippen LogP contribution in [0.2, 0.25) is 0 Å². The van der Waals surface area contributed by atoms with Gasteiger partial charge < -0.3 is 37.9 Å². The molecule has 0 N–H and O–H groups in total. The van der Waals surface area contributed by atoms with E-state index < -0.39 is 24.9 Å². The molecule has 0 aromatic heterocycles. The molecule has 0 radical (unpaired) electrons. The van der Waals surface area contributed by atoms with Crippen LogP contribution >= 0.6 is 0 Å². The lowest BCUT2D eigenvalue weighted by atomic mass is 10.00. The van der Waals surface area contributed by atoms with Gasteiger partial charge in [-0.2, -0.15) is 0 Å². The standard InChI is InChI=1S/C33H52O10/c1-9-10-11-15-28-22-30(40-26(5)42-32(34)38-20-18-36-7)29(17-16-25(4)14-12-13-24(2)3)31(23-28)41-27(6)43-33(35)39-21-19-37-8/h13,16,22-23,26-27H,9-12,14-15,17-21H2,1-8H3. The van der Waals surface area contributed by atoms with E-state index in [0.717, 1.165) is 49.7 Å². The van der Waals surface area contributed by atoms with Crippen LogP contribution < -0.4 is 9.47 Å². The Morgan fingerprint density at radius 1 is 0.791 bits per heavy atom. The number of hydrogen-bond acceptors (Lipinski definition) is 10. The molecule has 43 heavy (non-hydrogen) atoms. The fourth-order valence-electron chi connectivity index (χ4n) is 3.94. The summed E-state index contributed by atoms with van der Waals surface area (Å²) in [5.41, 5.74) is 4.20. The summed E-state index contributed by atoms with van der Waals surface area (Å²) in [6, 6.07) is 3.90. The Labute approximate surface area is 257 Å². The highest BCUT2D eigenvalue weighted by Gasteiger charge is 2.21. The highest BCUT2D eigenvalue weighted by molar-refractivity contribution is 5.60. The van der Waals surface area contributed by atoms with E-state index in [0.29, 0.717) is 17.9 Å². The highest BCUT2D eigenvalue weighted by Crippen LogP contribution is 2.34. The van der Waals surface area contributed by atoms with Crippen LogP contribution in [0.15, 0.2) is 35.4 Å². The molecule has 0 aliphatic rings.